The quantitative estimate of drug-likeness (QED) is 0.695. The number of fused-ring (bicyclic) bond motifs is 2. The molecule has 0 aliphatic carbocycles. The van der Waals surface area contributed by atoms with Gasteiger partial charge in [0.2, 0.25) is 0 Å². The van der Waals surface area contributed by atoms with Crippen molar-refractivity contribution >= 4 is 5.82 Å². The van der Waals surface area contributed by atoms with Crippen LogP contribution in [0.5, 0.6) is 5.75 Å². The maximum Gasteiger partial charge on any atom is 0.151 e. The Labute approximate surface area is 181 Å². The summed E-state index contributed by atoms with van der Waals surface area (Å²) in [5, 5.41) is 19.2. The predicted octanol–water partition coefficient (Wildman–Crippen LogP) is 3.43. The van der Waals surface area contributed by atoms with E-state index in [4.69, 9.17) is 0 Å². The third-order valence-corrected chi connectivity index (χ3v) is 6.95. The largest absolute Gasteiger partial charge is 0.507 e. The Balaban J connectivity index is 1.35. The number of aromatic nitrogens is 4. The van der Waals surface area contributed by atoms with E-state index >= 15 is 4.39 Å². The highest BCUT2D eigenvalue weighted by molar-refractivity contribution is 5.69. The van der Waals surface area contributed by atoms with Crippen LogP contribution in [-0.4, -0.2) is 68.1 Å². The van der Waals surface area contributed by atoms with Crippen molar-refractivity contribution in [3.63, 3.8) is 0 Å². The molecule has 2 aliphatic heterocycles. The zero-order valence-electron chi connectivity index (χ0n) is 17.8. The lowest BCUT2D eigenvalue weighted by atomic mass is 9.80. The van der Waals surface area contributed by atoms with Gasteiger partial charge in [0.25, 0.3) is 0 Å². The first kappa shape index (κ1) is 19.9. The number of hydrogen-bond donors (Lipinski definition) is 1. The Kier molecular flexibility index (Phi) is 5.09. The lowest BCUT2D eigenvalue weighted by Gasteiger charge is -2.51. The van der Waals surface area contributed by atoms with Crippen LogP contribution in [0, 0.1) is 0 Å². The van der Waals surface area contributed by atoms with E-state index in [1.54, 1.807) is 18.6 Å². The van der Waals surface area contributed by atoms with Crippen LogP contribution >= 0.6 is 0 Å². The SMILES string of the molecule is CN(c1ccc(-c2ccc(-n3ccnc3)cc2O)nn1)[C@@H]1C[C@H]2CCC[C@@H]([C@@H]1F)N2C. The predicted molar refractivity (Wildman–Crippen MR) is 117 cm³/mol. The Morgan fingerprint density at radius 1 is 1.16 bits per heavy atom. The zero-order chi connectivity index (χ0) is 21.5. The second-order valence-corrected chi connectivity index (χ2v) is 8.62. The minimum Gasteiger partial charge on any atom is -0.507 e. The Bertz CT molecular complexity index is 1040. The molecule has 0 radical (unpaired) electrons. The molecule has 1 aromatic carbocycles. The van der Waals surface area contributed by atoms with Gasteiger partial charge in [0.1, 0.15) is 11.9 Å². The van der Waals surface area contributed by atoms with E-state index in [1.807, 2.05) is 47.0 Å². The van der Waals surface area contributed by atoms with Crippen LogP contribution in [-0.2, 0) is 0 Å². The number of phenols is 1. The molecule has 0 amide bonds. The molecule has 3 aromatic rings. The number of nitrogens with zero attached hydrogens (tertiary/aromatic N) is 6. The van der Waals surface area contributed by atoms with Gasteiger partial charge in [-0.05, 0) is 50.6 Å². The van der Waals surface area contributed by atoms with E-state index < -0.39 is 6.17 Å². The number of imidazole rings is 1. The molecule has 31 heavy (non-hydrogen) atoms. The monoisotopic (exact) mass is 422 g/mol. The topological polar surface area (TPSA) is 70.3 Å². The Morgan fingerprint density at radius 3 is 2.74 bits per heavy atom. The van der Waals surface area contributed by atoms with Crippen LogP contribution in [0.1, 0.15) is 25.7 Å². The highest BCUT2D eigenvalue weighted by atomic mass is 19.1. The van der Waals surface area contributed by atoms with E-state index in [9.17, 15) is 5.11 Å². The third kappa shape index (κ3) is 3.54. The van der Waals surface area contributed by atoms with Gasteiger partial charge in [-0.2, -0.15) is 0 Å². The van der Waals surface area contributed by atoms with Crippen molar-refractivity contribution < 1.29 is 9.50 Å². The van der Waals surface area contributed by atoms with Crippen molar-refractivity contribution in [3.05, 3.63) is 49.1 Å². The summed E-state index contributed by atoms with van der Waals surface area (Å²) in [5.41, 5.74) is 1.98. The number of aromatic hydroxyl groups is 1. The molecular weight excluding hydrogens is 395 g/mol. The van der Waals surface area contributed by atoms with Gasteiger partial charge in [0.05, 0.1) is 23.8 Å². The molecule has 0 spiro atoms. The van der Waals surface area contributed by atoms with Crippen LogP contribution < -0.4 is 4.90 Å². The van der Waals surface area contributed by atoms with E-state index in [2.05, 4.69) is 27.1 Å². The van der Waals surface area contributed by atoms with Gasteiger partial charge in [0.15, 0.2) is 5.82 Å². The average molecular weight is 423 g/mol. The van der Waals surface area contributed by atoms with Crippen molar-refractivity contribution in [3.8, 4) is 22.7 Å². The molecule has 2 aromatic heterocycles. The second kappa shape index (κ2) is 7.92. The molecule has 2 fully saturated rings. The van der Waals surface area contributed by atoms with Crippen LogP contribution in [0.4, 0.5) is 10.2 Å². The Morgan fingerprint density at radius 2 is 2.03 bits per heavy atom. The lowest BCUT2D eigenvalue weighted by molar-refractivity contribution is -0.00672. The summed E-state index contributed by atoms with van der Waals surface area (Å²) in [6.07, 6.45) is 8.21. The fourth-order valence-electron chi connectivity index (χ4n) is 5.08. The highest BCUT2D eigenvalue weighted by Crippen LogP contribution is 2.37. The summed E-state index contributed by atoms with van der Waals surface area (Å²) in [6, 6.07) is 9.27. The first-order chi connectivity index (χ1) is 15.0. The summed E-state index contributed by atoms with van der Waals surface area (Å²) < 4.78 is 17.1. The summed E-state index contributed by atoms with van der Waals surface area (Å²) in [5.74, 6) is 0.766. The third-order valence-electron chi connectivity index (χ3n) is 6.95. The molecule has 4 atom stereocenters. The van der Waals surface area contributed by atoms with Crippen molar-refractivity contribution in [2.45, 2.75) is 50.0 Å². The number of anilines is 1. The van der Waals surface area contributed by atoms with Gasteiger partial charge in [0, 0.05) is 43.2 Å². The summed E-state index contributed by atoms with van der Waals surface area (Å²) in [4.78, 5) is 8.18. The van der Waals surface area contributed by atoms with E-state index in [0.29, 0.717) is 23.1 Å². The van der Waals surface area contributed by atoms with Crippen LogP contribution in [0.2, 0.25) is 0 Å². The first-order valence-corrected chi connectivity index (χ1v) is 10.8. The van der Waals surface area contributed by atoms with E-state index in [0.717, 1.165) is 31.4 Å². The zero-order valence-corrected chi connectivity index (χ0v) is 17.8. The standard InChI is InChI=1S/C23H27FN6O/c1-28-15-4-3-5-19(28)23(24)20(12-15)29(2)22-9-8-18(26-27-22)17-7-6-16(13-21(17)31)30-11-10-25-14-30/h6-11,13-15,19-20,23,31H,3-5,12H2,1-2H3/t15-,19+,20-,23+/m1/s1. The van der Waals surface area contributed by atoms with Crippen LogP contribution in [0.3, 0.4) is 0 Å². The molecule has 0 saturated carbocycles. The fourth-order valence-corrected chi connectivity index (χ4v) is 5.08. The molecule has 2 aliphatic rings. The van der Waals surface area contributed by atoms with Gasteiger partial charge in [-0.15, -0.1) is 10.2 Å². The molecule has 4 heterocycles. The number of benzene rings is 1. The van der Waals surface area contributed by atoms with Crippen molar-refractivity contribution in [1.29, 1.82) is 0 Å². The minimum absolute atomic E-state index is 0.0156. The second-order valence-electron chi connectivity index (χ2n) is 8.62. The normalized spacial score (nSPS) is 26.0. The Hall–Kier alpha value is -3.00. The van der Waals surface area contributed by atoms with Gasteiger partial charge in [-0.1, -0.05) is 6.42 Å². The molecule has 2 saturated heterocycles. The van der Waals surface area contributed by atoms with Crippen LogP contribution in [0.25, 0.3) is 16.9 Å². The molecule has 5 rings (SSSR count). The minimum atomic E-state index is -0.909. The number of rotatable bonds is 4. The van der Waals surface area contributed by atoms with Gasteiger partial charge < -0.3 is 14.6 Å². The molecule has 0 unspecified atom stereocenters. The molecule has 7 nitrogen and oxygen atoms in total. The maximum absolute atomic E-state index is 15.3. The van der Waals surface area contributed by atoms with Gasteiger partial charge >= 0.3 is 0 Å². The first-order valence-electron chi connectivity index (χ1n) is 10.8. The van der Waals surface area contributed by atoms with Gasteiger partial charge in [-0.3, -0.25) is 4.90 Å². The average Bonchev–Trinajstić information content (AvgIpc) is 3.31. The summed E-state index contributed by atoms with van der Waals surface area (Å²) >= 11 is 0. The molecular formula is C23H27FN6O. The van der Waals surface area contributed by atoms with E-state index in [-0.39, 0.29) is 17.8 Å². The number of phenolic OH excluding ortho intramolecular Hbond substituents is 1. The van der Waals surface area contributed by atoms with Crippen molar-refractivity contribution in [2.75, 3.05) is 19.0 Å². The molecule has 162 valence electrons. The molecule has 1 N–H and O–H groups in total. The van der Waals surface area contributed by atoms with Crippen molar-refractivity contribution in [2.24, 2.45) is 0 Å². The maximum atomic E-state index is 15.3. The van der Waals surface area contributed by atoms with E-state index in [1.165, 1.54) is 0 Å². The highest BCUT2D eigenvalue weighted by Gasteiger charge is 2.45. The fraction of sp³-hybridized carbons (Fsp3) is 0.435. The summed E-state index contributed by atoms with van der Waals surface area (Å²) in [7, 11) is 3.95. The number of alkyl halides is 1. The molecule has 2 bridgehead atoms. The smallest absolute Gasteiger partial charge is 0.151 e. The summed E-state index contributed by atoms with van der Waals surface area (Å²) in [6.45, 7) is 0. The number of piperidine rings is 2. The molecule has 8 heteroatoms. The number of hydrogen-bond acceptors (Lipinski definition) is 6. The lowest BCUT2D eigenvalue weighted by Crippen LogP contribution is -2.62. The van der Waals surface area contributed by atoms with Crippen LogP contribution in [0.15, 0.2) is 49.1 Å². The van der Waals surface area contributed by atoms with Gasteiger partial charge in [-0.25, -0.2) is 9.37 Å². The number of halogens is 1. The van der Waals surface area contributed by atoms with Crippen molar-refractivity contribution in [1.82, 2.24) is 24.6 Å².